The predicted octanol–water partition coefficient (Wildman–Crippen LogP) is 4.03. The van der Waals surface area contributed by atoms with Crippen LogP contribution in [0.25, 0.3) is 0 Å². The number of hydrogen-bond donors (Lipinski definition) is 3. The highest BCUT2D eigenvalue weighted by Gasteiger charge is 2.12. The zero-order valence-corrected chi connectivity index (χ0v) is 17.7. The third-order valence-corrected chi connectivity index (χ3v) is 4.79. The lowest BCUT2D eigenvalue weighted by Gasteiger charge is -2.16. The molecule has 0 aliphatic carbocycles. The average molecular weight is 427 g/mol. The smallest absolute Gasteiger partial charge is 0.163 e. The van der Waals surface area contributed by atoms with Gasteiger partial charge in [-0.15, -0.1) is 0 Å². The Morgan fingerprint density at radius 1 is 0.893 bits per heavy atom. The van der Waals surface area contributed by atoms with Crippen LogP contribution in [0, 0.1) is 0 Å². The largest absolute Gasteiger partial charge is 0.490 e. The molecule has 0 aliphatic heterocycles. The maximum absolute atomic E-state index is 8.74. The summed E-state index contributed by atoms with van der Waals surface area (Å²) < 4.78 is 11.7. The van der Waals surface area contributed by atoms with E-state index < -0.39 is 0 Å². The van der Waals surface area contributed by atoms with E-state index in [0.717, 1.165) is 30.6 Å². The summed E-state index contributed by atoms with van der Waals surface area (Å²) >= 11 is 12.7. The van der Waals surface area contributed by atoms with Crippen molar-refractivity contribution >= 4 is 23.2 Å². The van der Waals surface area contributed by atoms with Gasteiger partial charge in [0.25, 0.3) is 0 Å². The van der Waals surface area contributed by atoms with Crippen LogP contribution in [0.2, 0.25) is 10.0 Å². The van der Waals surface area contributed by atoms with Gasteiger partial charge in [0, 0.05) is 34.8 Å². The molecule has 5 nitrogen and oxygen atoms in total. The van der Waals surface area contributed by atoms with Gasteiger partial charge < -0.3 is 25.2 Å². The van der Waals surface area contributed by atoms with Crippen LogP contribution in [0.3, 0.4) is 0 Å². The highest BCUT2D eigenvalue weighted by molar-refractivity contribution is 6.31. The average Bonchev–Trinajstić information content (AvgIpc) is 2.69. The van der Waals surface area contributed by atoms with Crippen molar-refractivity contribution in [3.8, 4) is 11.5 Å². The Balaban J connectivity index is 1.95. The van der Waals surface area contributed by atoms with Crippen molar-refractivity contribution < 1.29 is 14.6 Å². The third-order valence-electron chi connectivity index (χ3n) is 4.06. The summed E-state index contributed by atoms with van der Waals surface area (Å²) in [6.45, 7) is 5.95. The molecule has 0 amide bonds. The van der Waals surface area contributed by atoms with Gasteiger partial charge in [-0.2, -0.15) is 0 Å². The number of aliphatic hydroxyl groups is 1. The monoisotopic (exact) mass is 426 g/mol. The molecule has 154 valence electrons. The Kier molecular flexibility index (Phi) is 10.5. The zero-order valence-electron chi connectivity index (χ0n) is 16.1. The summed E-state index contributed by atoms with van der Waals surface area (Å²) in [7, 11) is 0. The summed E-state index contributed by atoms with van der Waals surface area (Å²) in [6, 6.07) is 11.3. The Labute approximate surface area is 177 Å². The number of benzene rings is 2. The van der Waals surface area contributed by atoms with Crippen LogP contribution in [-0.2, 0) is 13.2 Å². The Morgan fingerprint density at radius 2 is 1.64 bits per heavy atom. The van der Waals surface area contributed by atoms with Crippen LogP contribution in [-0.4, -0.2) is 38.0 Å². The van der Waals surface area contributed by atoms with Crippen molar-refractivity contribution in [2.75, 3.05) is 32.8 Å². The normalized spacial score (nSPS) is 10.9. The molecule has 0 radical (unpaired) electrons. The summed E-state index contributed by atoms with van der Waals surface area (Å²) in [5.41, 5.74) is 1.86. The Hall–Kier alpha value is -1.50. The molecule has 0 aliphatic rings. The summed E-state index contributed by atoms with van der Waals surface area (Å²) in [4.78, 5) is 0. The molecule has 3 N–H and O–H groups in total. The number of ether oxygens (including phenoxy) is 2. The first kappa shape index (κ1) is 22.8. The molecule has 0 aromatic heterocycles. The van der Waals surface area contributed by atoms with E-state index in [1.807, 2.05) is 37.3 Å². The van der Waals surface area contributed by atoms with E-state index in [2.05, 4.69) is 10.6 Å². The first-order chi connectivity index (χ1) is 13.7. The molecular weight excluding hydrogens is 399 g/mol. The standard InChI is InChI=1S/C21H28Cl2N2O3/c1-2-27-20-12-17(14-25-9-5-8-24-10-11-26)19(23)13-21(20)28-15-16-6-3-4-7-18(16)22/h3-4,6-7,12-13,24-26H,2,5,8-11,14-15H2,1H3. The second kappa shape index (κ2) is 12.9. The van der Waals surface area contributed by atoms with Gasteiger partial charge in [0.15, 0.2) is 11.5 Å². The van der Waals surface area contributed by atoms with E-state index in [4.69, 9.17) is 37.8 Å². The lowest BCUT2D eigenvalue weighted by molar-refractivity contribution is 0.269. The molecule has 0 unspecified atom stereocenters. The summed E-state index contributed by atoms with van der Waals surface area (Å²) in [5, 5.41) is 16.6. The van der Waals surface area contributed by atoms with Gasteiger partial charge in [-0.1, -0.05) is 41.4 Å². The molecule has 0 atom stereocenters. The topological polar surface area (TPSA) is 62.8 Å². The molecule has 2 rings (SSSR count). The molecule has 0 heterocycles. The molecule has 2 aromatic carbocycles. The molecule has 0 fully saturated rings. The van der Waals surface area contributed by atoms with E-state index in [1.54, 1.807) is 6.07 Å². The summed E-state index contributed by atoms with van der Waals surface area (Å²) in [5.74, 6) is 1.27. The van der Waals surface area contributed by atoms with Crippen LogP contribution in [0.15, 0.2) is 36.4 Å². The number of hydrogen-bond acceptors (Lipinski definition) is 5. The van der Waals surface area contributed by atoms with Crippen LogP contribution in [0.1, 0.15) is 24.5 Å². The fourth-order valence-corrected chi connectivity index (χ4v) is 3.04. The van der Waals surface area contributed by atoms with Gasteiger partial charge >= 0.3 is 0 Å². The summed E-state index contributed by atoms with van der Waals surface area (Å²) in [6.07, 6.45) is 0.967. The number of rotatable bonds is 13. The molecule has 28 heavy (non-hydrogen) atoms. The van der Waals surface area contributed by atoms with Crippen molar-refractivity contribution in [2.24, 2.45) is 0 Å². The molecule has 0 spiro atoms. The molecular formula is C21H28Cl2N2O3. The van der Waals surface area contributed by atoms with Crippen LogP contribution < -0.4 is 20.1 Å². The fourth-order valence-electron chi connectivity index (χ4n) is 2.63. The van der Waals surface area contributed by atoms with Crippen molar-refractivity contribution in [3.05, 3.63) is 57.6 Å². The van der Waals surface area contributed by atoms with Crippen LogP contribution in [0.5, 0.6) is 11.5 Å². The number of aliphatic hydroxyl groups excluding tert-OH is 1. The van der Waals surface area contributed by atoms with Gasteiger partial charge in [-0.3, -0.25) is 0 Å². The molecule has 2 aromatic rings. The van der Waals surface area contributed by atoms with Crippen molar-refractivity contribution in [2.45, 2.75) is 26.5 Å². The van der Waals surface area contributed by atoms with Crippen molar-refractivity contribution in [3.63, 3.8) is 0 Å². The zero-order chi connectivity index (χ0) is 20.2. The maximum Gasteiger partial charge on any atom is 0.163 e. The second-order valence-electron chi connectivity index (χ2n) is 6.21. The number of nitrogens with one attached hydrogen (secondary N) is 2. The van der Waals surface area contributed by atoms with E-state index in [-0.39, 0.29) is 6.61 Å². The SMILES string of the molecule is CCOc1cc(CNCCCNCCO)c(Cl)cc1OCc1ccccc1Cl. The highest BCUT2D eigenvalue weighted by Crippen LogP contribution is 2.34. The molecule has 0 saturated carbocycles. The minimum atomic E-state index is 0.161. The van der Waals surface area contributed by atoms with Gasteiger partial charge in [0.2, 0.25) is 0 Å². The fraction of sp³-hybridized carbons (Fsp3) is 0.429. The Bertz CT molecular complexity index is 729. The third kappa shape index (κ3) is 7.49. The molecule has 0 bridgehead atoms. The van der Waals surface area contributed by atoms with E-state index in [1.165, 1.54) is 0 Å². The minimum absolute atomic E-state index is 0.161. The predicted molar refractivity (Wildman–Crippen MR) is 115 cm³/mol. The highest BCUT2D eigenvalue weighted by atomic mass is 35.5. The molecule has 7 heteroatoms. The van der Waals surface area contributed by atoms with E-state index in [0.29, 0.717) is 47.8 Å². The van der Waals surface area contributed by atoms with Crippen LogP contribution >= 0.6 is 23.2 Å². The lowest BCUT2D eigenvalue weighted by Crippen LogP contribution is -2.24. The first-order valence-corrected chi connectivity index (χ1v) is 10.2. The lowest BCUT2D eigenvalue weighted by atomic mass is 10.2. The number of halogens is 2. The molecule has 0 saturated heterocycles. The van der Waals surface area contributed by atoms with Crippen molar-refractivity contribution in [1.29, 1.82) is 0 Å². The van der Waals surface area contributed by atoms with Gasteiger partial charge in [-0.25, -0.2) is 0 Å². The maximum atomic E-state index is 8.74. The van der Waals surface area contributed by atoms with Crippen molar-refractivity contribution in [1.82, 2.24) is 10.6 Å². The Morgan fingerprint density at radius 3 is 2.39 bits per heavy atom. The van der Waals surface area contributed by atoms with Gasteiger partial charge in [0.1, 0.15) is 6.61 Å². The quantitative estimate of drug-likeness (QED) is 0.422. The van der Waals surface area contributed by atoms with E-state index >= 15 is 0 Å². The van der Waals surface area contributed by atoms with E-state index in [9.17, 15) is 0 Å². The van der Waals surface area contributed by atoms with Crippen LogP contribution in [0.4, 0.5) is 0 Å². The minimum Gasteiger partial charge on any atom is -0.490 e. The van der Waals surface area contributed by atoms with Gasteiger partial charge in [0.05, 0.1) is 13.2 Å². The second-order valence-corrected chi connectivity index (χ2v) is 7.02. The first-order valence-electron chi connectivity index (χ1n) is 9.49. The van der Waals surface area contributed by atoms with Gasteiger partial charge in [-0.05, 0) is 44.1 Å².